The van der Waals surface area contributed by atoms with Crippen LogP contribution in [0.1, 0.15) is 17.7 Å². The molecule has 1 aliphatic rings. The molecule has 148 valence electrons. The molecule has 29 heavy (non-hydrogen) atoms. The van der Waals surface area contributed by atoms with Crippen LogP contribution in [0.2, 0.25) is 5.02 Å². The first-order valence-corrected chi connectivity index (χ1v) is 10.5. The number of hydrogen-bond donors (Lipinski definition) is 2. The number of halogens is 2. The van der Waals surface area contributed by atoms with Crippen molar-refractivity contribution in [1.82, 2.24) is 19.7 Å². The summed E-state index contributed by atoms with van der Waals surface area (Å²) in [6.45, 7) is 0.846. The first kappa shape index (κ1) is 18.5. The van der Waals surface area contributed by atoms with Gasteiger partial charge in [0, 0.05) is 35.5 Å². The maximum absolute atomic E-state index is 13.5. The topological polar surface area (TPSA) is 75.9 Å². The average molecular weight is 430 g/mol. The smallest absolute Gasteiger partial charge is 0.142 e. The maximum Gasteiger partial charge on any atom is 0.142 e. The van der Waals surface area contributed by atoms with Gasteiger partial charge >= 0.3 is 0 Å². The summed E-state index contributed by atoms with van der Waals surface area (Å²) < 4.78 is 15.4. The molecule has 0 aliphatic heterocycles. The van der Waals surface area contributed by atoms with Crippen molar-refractivity contribution in [3.05, 3.63) is 52.8 Å². The molecule has 0 radical (unpaired) electrons. The van der Waals surface area contributed by atoms with E-state index < -0.39 is 5.82 Å². The lowest BCUT2D eigenvalue weighted by Crippen LogP contribution is -2.04. The van der Waals surface area contributed by atoms with Crippen LogP contribution in [0.5, 0.6) is 0 Å². The predicted molar refractivity (Wildman–Crippen MR) is 112 cm³/mol. The van der Waals surface area contributed by atoms with E-state index in [0.717, 1.165) is 39.2 Å². The normalized spacial score (nSPS) is 12.8. The van der Waals surface area contributed by atoms with Crippen molar-refractivity contribution in [3.8, 4) is 10.4 Å². The van der Waals surface area contributed by atoms with Gasteiger partial charge in [-0.25, -0.2) is 14.4 Å². The molecule has 0 spiro atoms. The van der Waals surface area contributed by atoms with Crippen molar-refractivity contribution in [3.63, 3.8) is 0 Å². The molecule has 0 fully saturated rings. The lowest BCUT2D eigenvalue weighted by Gasteiger charge is -2.12. The van der Waals surface area contributed by atoms with Crippen LogP contribution in [0, 0.1) is 5.82 Å². The van der Waals surface area contributed by atoms with Crippen molar-refractivity contribution in [2.24, 2.45) is 0 Å². The van der Waals surface area contributed by atoms with Crippen LogP contribution < -0.4 is 5.32 Å². The van der Waals surface area contributed by atoms with Crippen LogP contribution in [0.3, 0.4) is 0 Å². The fraction of sp³-hybridized carbons (Fsp3) is 0.250. The van der Waals surface area contributed by atoms with E-state index in [4.69, 9.17) is 16.7 Å². The number of anilines is 2. The Bertz CT molecular complexity index is 1220. The second kappa shape index (κ2) is 7.37. The third-order valence-corrected chi connectivity index (χ3v) is 6.47. The molecule has 5 rings (SSSR count). The van der Waals surface area contributed by atoms with Crippen LogP contribution in [0.4, 0.5) is 15.9 Å². The minimum absolute atomic E-state index is 0.0626. The van der Waals surface area contributed by atoms with Gasteiger partial charge in [0.2, 0.25) is 0 Å². The first-order valence-electron chi connectivity index (χ1n) is 9.30. The van der Waals surface area contributed by atoms with Crippen molar-refractivity contribution in [2.75, 3.05) is 11.9 Å². The molecule has 9 heteroatoms. The monoisotopic (exact) mass is 429 g/mol. The molecule has 4 aromatic rings. The molecule has 3 aromatic heterocycles. The number of fused-ring (bicyclic) bond motifs is 5. The van der Waals surface area contributed by atoms with Gasteiger partial charge in [0.1, 0.15) is 22.8 Å². The Hall–Kier alpha value is -2.55. The summed E-state index contributed by atoms with van der Waals surface area (Å²) in [5.41, 5.74) is 4.08. The van der Waals surface area contributed by atoms with Gasteiger partial charge in [-0.1, -0.05) is 11.6 Å². The van der Waals surface area contributed by atoms with E-state index in [1.54, 1.807) is 23.5 Å². The Morgan fingerprint density at radius 3 is 3.00 bits per heavy atom. The minimum atomic E-state index is -0.455. The first-order chi connectivity index (χ1) is 14.1. The van der Waals surface area contributed by atoms with E-state index in [1.807, 2.05) is 4.68 Å². The molecule has 6 nitrogen and oxygen atoms in total. The largest absolute Gasteiger partial charge is 0.396 e. The average Bonchev–Trinajstić information content (AvgIpc) is 3.30. The van der Waals surface area contributed by atoms with Gasteiger partial charge in [-0.15, -0.1) is 11.3 Å². The van der Waals surface area contributed by atoms with Gasteiger partial charge in [0.05, 0.1) is 16.1 Å². The Balaban J connectivity index is 1.57. The highest BCUT2D eigenvalue weighted by molar-refractivity contribution is 7.22. The number of nitrogens with one attached hydrogen (secondary N) is 1. The molecular weight excluding hydrogens is 413 g/mol. The van der Waals surface area contributed by atoms with Crippen molar-refractivity contribution < 1.29 is 9.50 Å². The molecule has 0 atom stereocenters. The quantitative estimate of drug-likeness (QED) is 0.486. The van der Waals surface area contributed by atoms with Crippen LogP contribution in [-0.4, -0.2) is 31.5 Å². The number of rotatable bonds is 5. The number of aromatic nitrogens is 4. The van der Waals surface area contributed by atoms with E-state index in [1.165, 1.54) is 18.0 Å². The summed E-state index contributed by atoms with van der Waals surface area (Å²) in [6, 6.07) is 4.52. The Morgan fingerprint density at radius 2 is 2.17 bits per heavy atom. The molecule has 0 bridgehead atoms. The molecule has 2 N–H and O–H groups in total. The number of nitrogens with zero attached hydrogens (tertiary/aromatic N) is 4. The Morgan fingerprint density at radius 1 is 1.28 bits per heavy atom. The van der Waals surface area contributed by atoms with E-state index in [9.17, 15) is 4.39 Å². The number of aliphatic hydroxyl groups is 1. The Labute approximate surface area is 175 Å². The van der Waals surface area contributed by atoms with E-state index in [-0.39, 0.29) is 11.6 Å². The molecule has 0 saturated heterocycles. The van der Waals surface area contributed by atoms with E-state index in [2.05, 4.69) is 26.6 Å². The lowest BCUT2D eigenvalue weighted by molar-refractivity contribution is 0.277. The zero-order valence-electron chi connectivity index (χ0n) is 15.3. The van der Waals surface area contributed by atoms with Crippen LogP contribution in [0.25, 0.3) is 20.7 Å². The highest BCUT2D eigenvalue weighted by Crippen LogP contribution is 2.45. The van der Waals surface area contributed by atoms with Gasteiger partial charge in [-0.2, -0.15) is 5.10 Å². The molecule has 0 amide bonds. The molecule has 0 saturated carbocycles. The summed E-state index contributed by atoms with van der Waals surface area (Å²) in [5.74, 6) is 0.231. The fourth-order valence-electron chi connectivity index (χ4n) is 3.68. The number of aryl methyl sites for hydroxylation is 3. The summed E-state index contributed by atoms with van der Waals surface area (Å²) in [6.07, 6.45) is 5.96. The lowest BCUT2D eigenvalue weighted by atomic mass is 9.95. The van der Waals surface area contributed by atoms with E-state index >= 15 is 0 Å². The van der Waals surface area contributed by atoms with Crippen molar-refractivity contribution in [1.29, 1.82) is 0 Å². The van der Waals surface area contributed by atoms with Crippen molar-refractivity contribution >= 4 is 44.7 Å². The number of benzene rings is 1. The second-order valence-electron chi connectivity index (χ2n) is 6.90. The summed E-state index contributed by atoms with van der Waals surface area (Å²) >= 11 is 7.55. The maximum atomic E-state index is 13.5. The zero-order chi connectivity index (χ0) is 20.0. The summed E-state index contributed by atoms with van der Waals surface area (Å²) in [7, 11) is 0. The standard InChI is InChI=1S/C20H17ClFN5OS/c21-14-8-11(2-4-15(14)22)25-19-17-12-3-5-16-13(9-27(26-16)6-1-7-28)18(12)29-20(17)24-10-23-19/h2,4,8-10,28H,1,3,5-7H2,(H,23,24,25). The molecule has 3 heterocycles. The van der Waals surface area contributed by atoms with Crippen molar-refractivity contribution in [2.45, 2.75) is 25.8 Å². The summed E-state index contributed by atoms with van der Waals surface area (Å²) in [5, 5.41) is 18.1. The molecule has 1 aromatic carbocycles. The fourth-order valence-corrected chi connectivity index (χ4v) is 5.08. The van der Waals surface area contributed by atoms with Gasteiger partial charge in [0.25, 0.3) is 0 Å². The van der Waals surface area contributed by atoms with Crippen LogP contribution in [-0.2, 0) is 19.4 Å². The number of thiophene rings is 1. The second-order valence-corrected chi connectivity index (χ2v) is 8.30. The minimum Gasteiger partial charge on any atom is -0.396 e. The zero-order valence-corrected chi connectivity index (χ0v) is 16.9. The Kier molecular flexibility index (Phi) is 4.69. The molecule has 1 aliphatic carbocycles. The highest BCUT2D eigenvalue weighted by atomic mass is 35.5. The molecule has 0 unspecified atom stereocenters. The number of hydrogen-bond acceptors (Lipinski definition) is 6. The van der Waals surface area contributed by atoms with Gasteiger partial charge in [-0.05, 0) is 43.0 Å². The SMILES string of the molecule is OCCCn1cc2c(n1)CCc1c-2sc2ncnc(Nc3ccc(F)c(Cl)c3)c12. The molecular formula is C20H17ClFN5OS. The van der Waals surface area contributed by atoms with Crippen LogP contribution >= 0.6 is 22.9 Å². The third-order valence-electron chi connectivity index (χ3n) is 5.01. The van der Waals surface area contributed by atoms with Gasteiger partial charge in [0.15, 0.2) is 0 Å². The number of aliphatic hydroxyl groups excluding tert-OH is 1. The van der Waals surface area contributed by atoms with Gasteiger partial charge in [-0.3, -0.25) is 4.68 Å². The highest BCUT2D eigenvalue weighted by Gasteiger charge is 2.26. The predicted octanol–water partition coefficient (Wildman–Crippen LogP) is 4.57. The van der Waals surface area contributed by atoms with E-state index in [0.29, 0.717) is 24.5 Å². The van der Waals surface area contributed by atoms with Gasteiger partial charge < -0.3 is 10.4 Å². The summed E-state index contributed by atoms with van der Waals surface area (Å²) in [4.78, 5) is 11.0. The van der Waals surface area contributed by atoms with Crippen LogP contribution in [0.15, 0.2) is 30.7 Å². The third kappa shape index (κ3) is 3.27.